The first kappa shape index (κ1) is 20.3. The molecule has 0 aliphatic heterocycles. The maximum absolute atomic E-state index is 10.8. The van der Waals surface area contributed by atoms with Crippen molar-refractivity contribution in [2.24, 2.45) is 0 Å². The van der Waals surface area contributed by atoms with Gasteiger partial charge in [0.25, 0.3) is 0 Å². The van der Waals surface area contributed by atoms with Crippen molar-refractivity contribution in [1.29, 1.82) is 0 Å². The number of carbonyl (C=O) groups is 2. The summed E-state index contributed by atoms with van der Waals surface area (Å²) in [7, 11) is 0. The summed E-state index contributed by atoms with van der Waals surface area (Å²) >= 11 is 0. The zero-order valence-electron chi connectivity index (χ0n) is 12.8. The molecule has 0 bridgehead atoms. The van der Waals surface area contributed by atoms with Gasteiger partial charge >= 0.3 is 71.1 Å². The molecule has 90 valence electrons. The van der Waals surface area contributed by atoms with Crippen LogP contribution in [-0.4, -0.2) is 22.2 Å². The molecule has 0 heterocycles. The molecule has 0 saturated heterocycles. The van der Waals surface area contributed by atoms with Gasteiger partial charge in [-0.3, -0.25) is 9.59 Å². The van der Waals surface area contributed by atoms with Gasteiger partial charge in [0.2, 0.25) is 0 Å². The van der Waals surface area contributed by atoms with E-state index in [1.807, 2.05) is 0 Å². The number of nitrogen functional groups attached to an aromatic ring is 1. The Kier molecular flexibility index (Phi) is 10.1. The van der Waals surface area contributed by atoms with E-state index in [1.54, 1.807) is 13.0 Å². The van der Waals surface area contributed by atoms with Gasteiger partial charge in [-0.1, -0.05) is 12.1 Å². The number of hydrogen-bond donors (Lipinski definition) is 3. The first-order valence-corrected chi connectivity index (χ1v) is 4.74. The number of carboxylic acid groups (broad SMARTS) is 2. The molecule has 1 atom stereocenters. The maximum Gasteiger partial charge on any atom is 1.00 e. The molecule has 0 spiro atoms. The Bertz CT molecular complexity index is 446. The van der Waals surface area contributed by atoms with Crippen molar-refractivity contribution in [3.63, 3.8) is 0 Å². The number of benzene rings is 1. The molecule has 0 radical (unpaired) electrons. The minimum atomic E-state index is -0.994. The standard InChI is InChI=1S/C11H13NO4.2Na.2H/c1-6(11(15)16)7-2-3-9(12)8(4-7)5-10(13)14;;;;/h2-4,6H,5,12H2,1H3,(H,13,14)(H,15,16);;;;/q;2*+1;2*-1. The van der Waals surface area contributed by atoms with Crippen molar-refractivity contribution in [1.82, 2.24) is 0 Å². The van der Waals surface area contributed by atoms with Gasteiger partial charge in [-0.15, -0.1) is 0 Å². The molecule has 1 unspecified atom stereocenters. The average Bonchev–Trinajstić information content (AvgIpc) is 2.19. The monoisotopic (exact) mass is 271 g/mol. The van der Waals surface area contributed by atoms with Crippen LogP contribution < -0.4 is 64.8 Å². The number of nitrogens with two attached hydrogens (primary N) is 1. The summed E-state index contributed by atoms with van der Waals surface area (Å²) in [6.45, 7) is 1.54. The van der Waals surface area contributed by atoms with E-state index in [0.29, 0.717) is 16.8 Å². The van der Waals surface area contributed by atoms with E-state index in [4.69, 9.17) is 15.9 Å². The second-order valence-corrected chi connectivity index (χ2v) is 3.59. The summed E-state index contributed by atoms with van der Waals surface area (Å²) < 4.78 is 0. The predicted octanol–water partition coefficient (Wildman–Crippen LogP) is -4.68. The van der Waals surface area contributed by atoms with Crippen molar-refractivity contribution < 1.29 is 81.8 Å². The van der Waals surface area contributed by atoms with Crippen molar-refractivity contribution in [3.05, 3.63) is 29.3 Å². The van der Waals surface area contributed by atoms with Crippen LogP contribution >= 0.6 is 0 Å². The number of carboxylic acids is 2. The van der Waals surface area contributed by atoms with Gasteiger partial charge in [-0.25, -0.2) is 0 Å². The molecule has 5 nitrogen and oxygen atoms in total. The number of aliphatic carboxylic acids is 2. The molecule has 0 saturated carbocycles. The van der Waals surface area contributed by atoms with Crippen molar-refractivity contribution in [2.75, 3.05) is 5.73 Å². The summed E-state index contributed by atoms with van der Waals surface area (Å²) in [5.74, 6) is -2.62. The molecule has 18 heavy (non-hydrogen) atoms. The van der Waals surface area contributed by atoms with Crippen LogP contribution in [0.2, 0.25) is 0 Å². The molecular formula is C11H15NNa2O4. The van der Waals surface area contributed by atoms with E-state index >= 15 is 0 Å². The molecule has 0 aliphatic rings. The summed E-state index contributed by atoms with van der Waals surface area (Å²) in [5, 5.41) is 17.5. The van der Waals surface area contributed by atoms with Crippen LogP contribution in [0.1, 0.15) is 26.8 Å². The molecule has 1 rings (SSSR count). The smallest absolute Gasteiger partial charge is 1.00 e. The molecular weight excluding hydrogens is 256 g/mol. The van der Waals surface area contributed by atoms with Gasteiger partial charge in [0, 0.05) is 5.69 Å². The SMILES string of the molecule is CC(C(=O)O)c1ccc(N)c(CC(=O)O)c1.[H-].[H-].[Na+].[Na+]. The van der Waals surface area contributed by atoms with Crippen molar-refractivity contribution in [2.45, 2.75) is 19.3 Å². The quantitative estimate of drug-likeness (QED) is 0.377. The predicted molar refractivity (Wildman–Crippen MR) is 60.5 cm³/mol. The Hall–Kier alpha value is -0.0400. The van der Waals surface area contributed by atoms with E-state index in [2.05, 4.69) is 0 Å². The van der Waals surface area contributed by atoms with E-state index < -0.39 is 17.9 Å². The van der Waals surface area contributed by atoms with Gasteiger partial charge in [0.05, 0.1) is 12.3 Å². The largest absolute Gasteiger partial charge is 1.00 e. The Morgan fingerprint density at radius 2 is 1.89 bits per heavy atom. The van der Waals surface area contributed by atoms with Gasteiger partial charge in [0.15, 0.2) is 0 Å². The second-order valence-electron chi connectivity index (χ2n) is 3.59. The minimum Gasteiger partial charge on any atom is -1.00 e. The van der Waals surface area contributed by atoms with Crippen molar-refractivity contribution in [3.8, 4) is 0 Å². The molecule has 0 aliphatic carbocycles. The summed E-state index contributed by atoms with van der Waals surface area (Å²) in [6, 6.07) is 4.66. The summed E-state index contributed by atoms with van der Waals surface area (Å²) in [6.07, 6.45) is -0.202. The normalized spacial score (nSPS) is 10.7. The second kappa shape index (κ2) is 8.96. The third-order valence-corrected chi connectivity index (χ3v) is 2.38. The van der Waals surface area contributed by atoms with Crippen LogP contribution in [0.3, 0.4) is 0 Å². The molecule has 4 N–H and O–H groups in total. The number of rotatable bonds is 4. The average molecular weight is 271 g/mol. The Labute approximate surface area is 152 Å². The van der Waals surface area contributed by atoms with Crippen LogP contribution in [0, 0.1) is 0 Å². The third kappa shape index (κ3) is 5.73. The Morgan fingerprint density at radius 3 is 2.33 bits per heavy atom. The zero-order valence-corrected chi connectivity index (χ0v) is 14.8. The van der Waals surface area contributed by atoms with E-state index in [1.165, 1.54) is 12.1 Å². The molecule has 0 amide bonds. The molecule has 1 aromatic carbocycles. The summed E-state index contributed by atoms with van der Waals surface area (Å²) in [5.41, 5.74) is 6.96. The Morgan fingerprint density at radius 1 is 1.33 bits per heavy atom. The van der Waals surface area contributed by atoms with Gasteiger partial charge in [0.1, 0.15) is 0 Å². The Balaban J connectivity index is -0.000000320. The molecule has 0 aromatic heterocycles. The topological polar surface area (TPSA) is 101 Å². The van der Waals surface area contributed by atoms with Crippen LogP contribution in [0.25, 0.3) is 0 Å². The minimum absolute atomic E-state index is 0. The molecule has 0 fully saturated rings. The third-order valence-electron chi connectivity index (χ3n) is 2.38. The fourth-order valence-electron chi connectivity index (χ4n) is 1.35. The van der Waals surface area contributed by atoms with Crippen LogP contribution in [-0.2, 0) is 16.0 Å². The fourth-order valence-corrected chi connectivity index (χ4v) is 1.35. The molecule has 7 heteroatoms. The van der Waals surface area contributed by atoms with Crippen LogP contribution in [0.4, 0.5) is 5.69 Å². The first-order valence-electron chi connectivity index (χ1n) is 4.74. The van der Waals surface area contributed by atoms with Gasteiger partial charge < -0.3 is 18.8 Å². The number of anilines is 1. The van der Waals surface area contributed by atoms with E-state index in [0.717, 1.165) is 0 Å². The van der Waals surface area contributed by atoms with E-state index in [-0.39, 0.29) is 68.4 Å². The number of hydrogen-bond acceptors (Lipinski definition) is 3. The maximum atomic E-state index is 10.8. The van der Waals surface area contributed by atoms with Crippen LogP contribution in [0.5, 0.6) is 0 Å². The van der Waals surface area contributed by atoms with Crippen molar-refractivity contribution >= 4 is 17.6 Å². The zero-order chi connectivity index (χ0) is 12.3. The molecule has 1 aromatic rings. The van der Waals surface area contributed by atoms with Gasteiger partial charge in [-0.2, -0.15) is 0 Å². The van der Waals surface area contributed by atoms with E-state index in [9.17, 15) is 9.59 Å². The van der Waals surface area contributed by atoms with Crippen LogP contribution in [0.15, 0.2) is 18.2 Å². The fraction of sp³-hybridized carbons (Fsp3) is 0.273. The first-order chi connectivity index (χ1) is 7.41. The van der Waals surface area contributed by atoms with Gasteiger partial charge in [-0.05, 0) is 24.1 Å². The summed E-state index contributed by atoms with van der Waals surface area (Å²) in [4.78, 5) is 21.3.